The van der Waals surface area contributed by atoms with Gasteiger partial charge in [-0.15, -0.1) is 0 Å². The monoisotopic (exact) mass is 352 g/mol. The highest BCUT2D eigenvalue weighted by Gasteiger charge is 2.32. The first-order valence-electron chi connectivity index (χ1n) is 8.29. The first kappa shape index (κ1) is 17.3. The number of aryl methyl sites for hydroxylation is 1. The maximum absolute atomic E-state index is 12.7. The van der Waals surface area contributed by atoms with Crippen molar-refractivity contribution in [2.24, 2.45) is 4.99 Å². The van der Waals surface area contributed by atoms with E-state index in [1.807, 2.05) is 31.2 Å². The van der Waals surface area contributed by atoms with Gasteiger partial charge in [0.15, 0.2) is 5.17 Å². The summed E-state index contributed by atoms with van der Waals surface area (Å²) in [6.45, 7) is 4.62. The molecule has 1 aliphatic rings. The predicted molar refractivity (Wildman–Crippen MR) is 104 cm³/mol. The Morgan fingerprint density at radius 2 is 1.84 bits per heavy atom. The molecule has 4 nitrogen and oxygen atoms in total. The van der Waals surface area contributed by atoms with Crippen LogP contribution in [0.1, 0.15) is 25.0 Å². The molecule has 2 aromatic rings. The number of aliphatic imine (C=N–C) groups is 1. The molecule has 1 aliphatic heterocycles. The Morgan fingerprint density at radius 3 is 2.52 bits per heavy atom. The smallest absolute Gasteiger partial charge is 0.266 e. The topological polar surface area (TPSA) is 52.9 Å². The van der Waals surface area contributed by atoms with Crippen molar-refractivity contribution in [3.05, 3.63) is 64.6 Å². The van der Waals surface area contributed by atoms with Crippen molar-refractivity contribution in [1.82, 2.24) is 4.90 Å². The SMILES string of the molecule is CCc1ccccc1N=C1SC(=Cc2ccc(O)cc2)C(=O)N1CC. The number of benzene rings is 2. The van der Waals surface area contributed by atoms with Crippen molar-refractivity contribution < 1.29 is 9.90 Å². The third kappa shape index (κ3) is 3.77. The fourth-order valence-corrected chi connectivity index (χ4v) is 3.67. The summed E-state index contributed by atoms with van der Waals surface area (Å²) < 4.78 is 0. The molecule has 0 saturated carbocycles. The quantitative estimate of drug-likeness (QED) is 0.820. The lowest BCUT2D eigenvalue weighted by Crippen LogP contribution is -2.28. The minimum absolute atomic E-state index is 0.0340. The average Bonchev–Trinajstić information content (AvgIpc) is 2.92. The van der Waals surface area contributed by atoms with Gasteiger partial charge in [-0.25, -0.2) is 4.99 Å². The molecule has 5 heteroatoms. The summed E-state index contributed by atoms with van der Waals surface area (Å²) in [6, 6.07) is 14.8. The van der Waals surface area contributed by atoms with Gasteiger partial charge in [0.1, 0.15) is 5.75 Å². The van der Waals surface area contributed by atoms with Crippen molar-refractivity contribution in [3.63, 3.8) is 0 Å². The van der Waals surface area contributed by atoms with Crippen molar-refractivity contribution in [2.75, 3.05) is 6.54 Å². The van der Waals surface area contributed by atoms with Gasteiger partial charge in [-0.3, -0.25) is 9.69 Å². The average molecular weight is 352 g/mol. The summed E-state index contributed by atoms with van der Waals surface area (Å²) in [5, 5.41) is 10.1. The molecule has 3 rings (SSSR count). The van der Waals surface area contributed by atoms with Crippen molar-refractivity contribution in [1.29, 1.82) is 0 Å². The van der Waals surface area contributed by atoms with Crippen LogP contribution in [0.3, 0.4) is 0 Å². The Kier molecular flexibility index (Phi) is 5.24. The molecule has 1 N–H and O–H groups in total. The van der Waals surface area contributed by atoms with E-state index < -0.39 is 0 Å². The number of carbonyl (C=O) groups excluding carboxylic acids is 1. The standard InChI is InChI=1S/C20H20N2O2S/c1-3-15-7-5-6-8-17(15)21-20-22(4-2)19(24)18(25-20)13-14-9-11-16(23)12-10-14/h5-13,23H,3-4H2,1-2H3. The third-order valence-corrected chi connectivity index (χ3v) is 4.99. The van der Waals surface area contributed by atoms with Gasteiger partial charge in [0, 0.05) is 6.54 Å². The van der Waals surface area contributed by atoms with E-state index in [9.17, 15) is 9.90 Å². The maximum Gasteiger partial charge on any atom is 0.266 e. The van der Waals surface area contributed by atoms with E-state index in [0.29, 0.717) is 16.6 Å². The zero-order valence-corrected chi connectivity index (χ0v) is 15.1. The number of amides is 1. The fraction of sp³-hybridized carbons (Fsp3) is 0.200. The molecule has 0 radical (unpaired) electrons. The number of hydrogen-bond acceptors (Lipinski definition) is 4. The summed E-state index contributed by atoms with van der Waals surface area (Å²) >= 11 is 1.39. The van der Waals surface area contributed by atoms with Gasteiger partial charge in [-0.1, -0.05) is 37.3 Å². The van der Waals surface area contributed by atoms with Gasteiger partial charge in [0.2, 0.25) is 0 Å². The van der Waals surface area contributed by atoms with E-state index >= 15 is 0 Å². The van der Waals surface area contributed by atoms with Crippen LogP contribution >= 0.6 is 11.8 Å². The largest absolute Gasteiger partial charge is 0.508 e. The summed E-state index contributed by atoms with van der Waals surface area (Å²) in [7, 11) is 0. The third-order valence-electron chi connectivity index (χ3n) is 3.98. The lowest BCUT2D eigenvalue weighted by atomic mass is 10.1. The number of rotatable bonds is 4. The minimum atomic E-state index is -0.0340. The van der Waals surface area contributed by atoms with Gasteiger partial charge in [-0.2, -0.15) is 0 Å². The summed E-state index contributed by atoms with van der Waals surface area (Å²) in [6.07, 6.45) is 2.73. The highest BCUT2D eigenvalue weighted by molar-refractivity contribution is 8.18. The zero-order valence-electron chi connectivity index (χ0n) is 14.3. The number of likely N-dealkylation sites (N-methyl/N-ethyl adjacent to an activating group) is 1. The number of thioether (sulfide) groups is 1. The Hall–Kier alpha value is -2.53. The van der Waals surface area contributed by atoms with Crippen LogP contribution < -0.4 is 0 Å². The molecule has 1 heterocycles. The number of phenolic OH excluding ortho intramolecular Hbond substituents is 1. The number of phenols is 1. The molecule has 1 saturated heterocycles. The lowest BCUT2D eigenvalue weighted by molar-refractivity contribution is -0.122. The number of amidine groups is 1. The molecule has 25 heavy (non-hydrogen) atoms. The van der Waals surface area contributed by atoms with E-state index in [-0.39, 0.29) is 11.7 Å². The number of carbonyl (C=O) groups is 1. The first-order valence-corrected chi connectivity index (χ1v) is 9.11. The molecule has 0 spiro atoms. The number of para-hydroxylation sites is 1. The van der Waals surface area contributed by atoms with Crippen LogP contribution in [0, 0.1) is 0 Å². The minimum Gasteiger partial charge on any atom is -0.508 e. The Labute approximate surface area is 151 Å². The number of aromatic hydroxyl groups is 1. The number of nitrogens with zero attached hydrogens (tertiary/aromatic N) is 2. The molecule has 1 amide bonds. The summed E-state index contributed by atoms with van der Waals surface area (Å²) in [5.41, 5.74) is 2.94. The van der Waals surface area contributed by atoms with Crippen LogP contribution in [0.2, 0.25) is 0 Å². The van der Waals surface area contributed by atoms with Gasteiger partial charge in [-0.05, 0) is 60.5 Å². The highest BCUT2D eigenvalue weighted by Crippen LogP contribution is 2.34. The summed E-state index contributed by atoms with van der Waals surface area (Å²) in [5.74, 6) is 0.175. The van der Waals surface area contributed by atoms with E-state index in [1.165, 1.54) is 11.8 Å². The fourth-order valence-electron chi connectivity index (χ4n) is 2.61. The Morgan fingerprint density at radius 1 is 1.12 bits per heavy atom. The van der Waals surface area contributed by atoms with Gasteiger partial charge < -0.3 is 5.11 Å². The Bertz CT molecular complexity index is 841. The molecule has 128 valence electrons. The van der Waals surface area contributed by atoms with Crippen molar-refractivity contribution >= 4 is 34.6 Å². The van der Waals surface area contributed by atoms with Crippen molar-refractivity contribution in [3.8, 4) is 5.75 Å². The molecule has 2 aromatic carbocycles. The van der Waals surface area contributed by atoms with E-state index in [4.69, 9.17) is 4.99 Å². The molecule has 0 unspecified atom stereocenters. The molecule has 0 aromatic heterocycles. The molecule has 0 bridgehead atoms. The van der Waals surface area contributed by atoms with Crippen LogP contribution in [0.25, 0.3) is 6.08 Å². The normalized spacial score (nSPS) is 17.7. The van der Waals surface area contributed by atoms with E-state index in [1.54, 1.807) is 29.2 Å². The van der Waals surface area contributed by atoms with Crippen molar-refractivity contribution in [2.45, 2.75) is 20.3 Å². The van der Waals surface area contributed by atoms with Crippen LogP contribution in [0.15, 0.2) is 58.4 Å². The van der Waals surface area contributed by atoms with Crippen LogP contribution in [-0.4, -0.2) is 27.6 Å². The predicted octanol–water partition coefficient (Wildman–Crippen LogP) is 4.58. The molecule has 1 fully saturated rings. The van der Waals surface area contributed by atoms with E-state index in [2.05, 4.69) is 13.0 Å². The molecule has 0 aliphatic carbocycles. The molecular weight excluding hydrogens is 332 g/mol. The first-order chi connectivity index (χ1) is 12.1. The van der Waals surface area contributed by atoms with Crippen LogP contribution in [-0.2, 0) is 11.2 Å². The second kappa shape index (κ2) is 7.57. The Balaban J connectivity index is 1.95. The van der Waals surface area contributed by atoms with Gasteiger partial charge in [0.25, 0.3) is 5.91 Å². The molecular formula is C20H20N2O2S. The maximum atomic E-state index is 12.7. The second-order valence-electron chi connectivity index (χ2n) is 5.63. The summed E-state index contributed by atoms with van der Waals surface area (Å²) in [4.78, 5) is 19.7. The molecule has 0 atom stereocenters. The van der Waals surface area contributed by atoms with Gasteiger partial charge in [0.05, 0.1) is 10.6 Å². The lowest BCUT2D eigenvalue weighted by Gasteiger charge is -2.12. The van der Waals surface area contributed by atoms with Crippen LogP contribution in [0.4, 0.5) is 5.69 Å². The van der Waals surface area contributed by atoms with Gasteiger partial charge >= 0.3 is 0 Å². The van der Waals surface area contributed by atoms with Crippen LogP contribution in [0.5, 0.6) is 5.75 Å². The zero-order chi connectivity index (χ0) is 17.8. The second-order valence-corrected chi connectivity index (χ2v) is 6.64. The number of hydrogen-bond donors (Lipinski definition) is 1. The van der Waals surface area contributed by atoms with E-state index in [0.717, 1.165) is 23.2 Å². The highest BCUT2D eigenvalue weighted by atomic mass is 32.2.